The Morgan fingerprint density at radius 3 is 1.78 bits per heavy atom. The van der Waals surface area contributed by atoms with E-state index in [1.807, 2.05) is 0 Å². The number of nitrogens with two attached hydrogens (primary N) is 1. The van der Waals surface area contributed by atoms with E-state index in [-0.39, 0.29) is 0 Å². The van der Waals surface area contributed by atoms with Crippen LogP contribution < -0.4 is 10.4 Å². The fourth-order valence-corrected chi connectivity index (χ4v) is 0.898. The van der Waals surface area contributed by atoms with Gasteiger partial charge in [-0.15, -0.1) is 0 Å². The number of carbonyl (C=O) groups is 1. The van der Waals surface area contributed by atoms with Crippen molar-refractivity contribution in [2.24, 2.45) is 0 Å². The third-order valence-electron chi connectivity index (χ3n) is 1.32. The Labute approximate surface area is 55.1 Å². The van der Waals surface area contributed by atoms with Crippen LogP contribution in [0.2, 0.25) is 0 Å². The lowest BCUT2D eigenvalue weighted by molar-refractivity contribution is -0.662. The second-order valence-electron chi connectivity index (χ2n) is 2.02. The second-order valence-corrected chi connectivity index (χ2v) is 2.02. The molecule has 0 atom stereocenters. The van der Waals surface area contributed by atoms with E-state index in [2.05, 4.69) is 5.32 Å². The minimum atomic E-state index is -0.500. The SMILES string of the molecule is C1CC[NH2+]CC1.O=C[O-]. The summed E-state index contributed by atoms with van der Waals surface area (Å²) in [6.07, 6.45) is 4.36. The van der Waals surface area contributed by atoms with E-state index in [0.717, 1.165) is 0 Å². The maximum absolute atomic E-state index is 8.25. The van der Waals surface area contributed by atoms with Crippen LogP contribution in [0, 0.1) is 0 Å². The van der Waals surface area contributed by atoms with E-state index < -0.39 is 6.47 Å². The third-order valence-corrected chi connectivity index (χ3v) is 1.32. The smallest absolute Gasteiger partial charge is 0.0755 e. The summed E-state index contributed by atoms with van der Waals surface area (Å²) in [7, 11) is 0. The van der Waals surface area contributed by atoms with E-state index in [4.69, 9.17) is 9.90 Å². The van der Waals surface area contributed by atoms with Crippen molar-refractivity contribution in [1.29, 1.82) is 0 Å². The third kappa shape index (κ3) is 7.43. The molecule has 1 saturated heterocycles. The highest BCUT2D eigenvalue weighted by molar-refractivity contribution is 5.29. The summed E-state index contributed by atoms with van der Waals surface area (Å²) in [5, 5.41) is 10.6. The summed E-state index contributed by atoms with van der Waals surface area (Å²) in [5.74, 6) is 0. The lowest BCUT2D eigenvalue weighted by Crippen LogP contribution is -2.85. The van der Waals surface area contributed by atoms with Crippen molar-refractivity contribution < 1.29 is 15.2 Å². The van der Waals surface area contributed by atoms with Crippen molar-refractivity contribution in [3.8, 4) is 0 Å². The van der Waals surface area contributed by atoms with Gasteiger partial charge in [0.1, 0.15) is 0 Å². The van der Waals surface area contributed by atoms with Gasteiger partial charge in [0.2, 0.25) is 0 Å². The summed E-state index contributed by atoms with van der Waals surface area (Å²) in [4.78, 5) is 8.25. The summed E-state index contributed by atoms with van der Waals surface area (Å²) in [6, 6.07) is 0. The van der Waals surface area contributed by atoms with Crippen LogP contribution in [-0.4, -0.2) is 19.6 Å². The Bertz CT molecular complexity index is 50.6. The Kier molecular flexibility index (Phi) is 6.96. The summed E-state index contributed by atoms with van der Waals surface area (Å²) in [6.45, 7) is 2.25. The van der Waals surface area contributed by atoms with Gasteiger partial charge in [0.05, 0.1) is 13.1 Å². The van der Waals surface area contributed by atoms with Crippen LogP contribution in [0.15, 0.2) is 0 Å². The second kappa shape index (κ2) is 7.43. The van der Waals surface area contributed by atoms with Gasteiger partial charge in [0, 0.05) is 6.47 Å². The molecule has 0 aromatic rings. The summed E-state index contributed by atoms with van der Waals surface area (Å²) >= 11 is 0. The molecular formula is C6H13NO2. The summed E-state index contributed by atoms with van der Waals surface area (Å²) < 4.78 is 0. The zero-order valence-corrected chi connectivity index (χ0v) is 5.51. The van der Waals surface area contributed by atoms with Gasteiger partial charge >= 0.3 is 0 Å². The topological polar surface area (TPSA) is 56.7 Å². The average molecular weight is 131 g/mol. The summed E-state index contributed by atoms with van der Waals surface area (Å²) in [5.41, 5.74) is 0. The number of hydrogen-bond acceptors (Lipinski definition) is 2. The molecule has 0 spiro atoms. The monoisotopic (exact) mass is 131 g/mol. The van der Waals surface area contributed by atoms with Crippen molar-refractivity contribution in [3.05, 3.63) is 0 Å². The molecule has 1 aliphatic rings. The Balaban J connectivity index is 0.000000187. The number of quaternary nitrogens is 1. The van der Waals surface area contributed by atoms with Gasteiger partial charge in [-0.25, -0.2) is 0 Å². The molecular weight excluding hydrogens is 118 g/mol. The van der Waals surface area contributed by atoms with E-state index in [9.17, 15) is 0 Å². The quantitative estimate of drug-likeness (QED) is 0.390. The molecule has 1 rings (SSSR count). The van der Waals surface area contributed by atoms with Crippen molar-refractivity contribution in [2.45, 2.75) is 19.3 Å². The van der Waals surface area contributed by atoms with E-state index >= 15 is 0 Å². The number of hydrogen-bond donors (Lipinski definition) is 1. The highest BCUT2D eigenvalue weighted by Crippen LogP contribution is 1.91. The van der Waals surface area contributed by atoms with Crippen molar-refractivity contribution >= 4 is 6.47 Å². The number of piperidine rings is 1. The minimum Gasteiger partial charge on any atom is -0.554 e. The fraction of sp³-hybridized carbons (Fsp3) is 0.833. The highest BCUT2D eigenvalue weighted by Gasteiger charge is 1.97. The first-order chi connectivity index (χ1) is 4.41. The predicted molar refractivity (Wildman–Crippen MR) is 31.6 cm³/mol. The molecule has 54 valence electrons. The zero-order chi connectivity index (χ0) is 6.95. The Morgan fingerprint density at radius 1 is 1.22 bits per heavy atom. The van der Waals surface area contributed by atoms with Crippen LogP contribution in [0.3, 0.4) is 0 Å². The Morgan fingerprint density at radius 2 is 1.67 bits per heavy atom. The largest absolute Gasteiger partial charge is 0.554 e. The molecule has 0 radical (unpaired) electrons. The number of rotatable bonds is 0. The maximum atomic E-state index is 8.25. The van der Waals surface area contributed by atoms with E-state index in [1.54, 1.807) is 0 Å². The van der Waals surface area contributed by atoms with Crippen LogP contribution in [0.4, 0.5) is 0 Å². The van der Waals surface area contributed by atoms with Gasteiger partial charge in [-0.2, -0.15) is 0 Å². The lowest BCUT2D eigenvalue weighted by atomic mass is 10.2. The van der Waals surface area contributed by atoms with Crippen molar-refractivity contribution in [2.75, 3.05) is 13.1 Å². The molecule has 0 unspecified atom stereocenters. The molecule has 0 saturated carbocycles. The van der Waals surface area contributed by atoms with Gasteiger partial charge < -0.3 is 15.2 Å². The first-order valence-electron chi connectivity index (χ1n) is 3.29. The molecule has 0 aromatic heterocycles. The molecule has 0 aliphatic carbocycles. The normalized spacial score (nSPS) is 17.3. The van der Waals surface area contributed by atoms with Crippen LogP contribution in [0.1, 0.15) is 19.3 Å². The van der Waals surface area contributed by atoms with Crippen LogP contribution in [0.5, 0.6) is 0 Å². The molecule has 9 heavy (non-hydrogen) atoms. The van der Waals surface area contributed by atoms with E-state index in [0.29, 0.717) is 0 Å². The average Bonchev–Trinajstić information content (AvgIpc) is 1.93. The molecule has 1 fully saturated rings. The molecule has 1 aliphatic heterocycles. The van der Waals surface area contributed by atoms with E-state index in [1.165, 1.54) is 32.4 Å². The van der Waals surface area contributed by atoms with Gasteiger partial charge in [-0.05, 0) is 19.3 Å². The van der Waals surface area contributed by atoms with Crippen LogP contribution in [0.25, 0.3) is 0 Å². The van der Waals surface area contributed by atoms with Crippen LogP contribution >= 0.6 is 0 Å². The standard InChI is InChI=1S/C5H11N.CH2O2/c1-2-4-6-5-3-1;2-1-3/h6H,1-5H2;1H,(H,2,3). The van der Waals surface area contributed by atoms with Gasteiger partial charge in [-0.1, -0.05) is 0 Å². The van der Waals surface area contributed by atoms with Gasteiger partial charge in [-0.3, -0.25) is 0 Å². The number of carboxylic acid groups (broad SMARTS) is 1. The molecule has 0 amide bonds. The van der Waals surface area contributed by atoms with Crippen molar-refractivity contribution in [1.82, 2.24) is 0 Å². The molecule has 3 heteroatoms. The number of carbonyl (C=O) groups excluding carboxylic acids is 1. The lowest BCUT2D eigenvalue weighted by Gasteiger charge is -2.05. The zero-order valence-electron chi connectivity index (χ0n) is 5.51. The van der Waals surface area contributed by atoms with Crippen molar-refractivity contribution in [3.63, 3.8) is 0 Å². The van der Waals surface area contributed by atoms with Gasteiger partial charge in [0.25, 0.3) is 0 Å². The first kappa shape index (κ1) is 8.43. The highest BCUT2D eigenvalue weighted by atomic mass is 16.3. The van der Waals surface area contributed by atoms with Gasteiger partial charge in [0.15, 0.2) is 0 Å². The minimum absolute atomic E-state index is 0.500. The fourth-order valence-electron chi connectivity index (χ4n) is 0.898. The van der Waals surface area contributed by atoms with Crippen LogP contribution in [-0.2, 0) is 4.79 Å². The first-order valence-corrected chi connectivity index (χ1v) is 3.29. The molecule has 3 nitrogen and oxygen atoms in total. The molecule has 1 heterocycles. The molecule has 0 bridgehead atoms. The Hall–Kier alpha value is -0.570. The molecule has 0 aromatic carbocycles. The predicted octanol–water partition coefficient (Wildman–Crippen LogP) is -1.90. The molecule has 2 N–H and O–H groups in total. The maximum Gasteiger partial charge on any atom is 0.0755 e.